The second-order valence-corrected chi connectivity index (χ2v) is 10.7. The Balaban J connectivity index is 0.00000226. The first-order valence-corrected chi connectivity index (χ1v) is 15.3. The molecule has 2 aliphatic heterocycles. The topological polar surface area (TPSA) is 120 Å². The van der Waals surface area contributed by atoms with Crippen LogP contribution in [0.4, 0.5) is 8.78 Å². The number of nitrogens with one attached hydrogen (secondary N) is 2. The zero-order valence-electron chi connectivity index (χ0n) is 25.9. The van der Waals surface area contributed by atoms with Crippen molar-refractivity contribution in [3.8, 4) is 28.7 Å². The van der Waals surface area contributed by atoms with Crippen molar-refractivity contribution in [2.24, 2.45) is 0 Å². The van der Waals surface area contributed by atoms with Gasteiger partial charge < -0.3 is 29.9 Å². The zero-order valence-corrected chi connectivity index (χ0v) is 25.9. The number of nitriles is 1. The molecule has 2 aromatic carbocycles. The standard InChI is InChI=1S/C31H34F2N6O4.C2H6/c1-42-27-6-4-22(16-28(27)43-14-2-11-38-12-9-35-10-13-38)21-3-5-26-25(15-21)24(7-8-36-26)30(41)37-19-29(40)39-20-31(32,33)17-23(39)18-34;1-2/h3-8,15-16,23,35H,2,9-14,17,19-20H2,1H3,(H,37,41);1-2H3. The molecular weight excluding hydrogens is 582 g/mol. The van der Waals surface area contributed by atoms with Crippen LogP contribution in [0.25, 0.3) is 22.0 Å². The van der Waals surface area contributed by atoms with Crippen LogP contribution in [0.5, 0.6) is 11.5 Å². The molecule has 3 aromatic rings. The summed E-state index contributed by atoms with van der Waals surface area (Å²) in [5, 5.41) is 15.6. The average molecular weight is 623 g/mol. The molecular formula is C33H40F2N6O4. The van der Waals surface area contributed by atoms with Gasteiger partial charge in [-0.3, -0.25) is 14.6 Å². The number of alkyl halides is 2. The first kappa shape index (κ1) is 33.6. The molecule has 2 amide bonds. The van der Waals surface area contributed by atoms with Crippen LogP contribution in [0.1, 0.15) is 37.0 Å². The highest BCUT2D eigenvalue weighted by Crippen LogP contribution is 2.34. The Bertz CT molecular complexity index is 1520. The minimum absolute atomic E-state index is 0.279. The molecule has 1 aromatic heterocycles. The molecule has 2 saturated heterocycles. The van der Waals surface area contributed by atoms with Crippen molar-refractivity contribution >= 4 is 22.7 Å². The summed E-state index contributed by atoms with van der Waals surface area (Å²) in [5.74, 6) is -3.19. The highest BCUT2D eigenvalue weighted by Gasteiger charge is 2.47. The summed E-state index contributed by atoms with van der Waals surface area (Å²) < 4.78 is 39.2. The number of aromatic nitrogens is 1. The summed E-state index contributed by atoms with van der Waals surface area (Å²) in [6.45, 7) is 8.22. The minimum Gasteiger partial charge on any atom is -0.493 e. The molecule has 0 bridgehead atoms. The number of likely N-dealkylation sites (tertiary alicyclic amines) is 1. The number of amides is 2. The molecule has 0 aliphatic carbocycles. The molecule has 1 unspecified atom stereocenters. The molecule has 5 rings (SSSR count). The average Bonchev–Trinajstić information content (AvgIpc) is 3.40. The Morgan fingerprint density at radius 2 is 1.84 bits per heavy atom. The van der Waals surface area contributed by atoms with Gasteiger partial charge in [-0.2, -0.15) is 5.26 Å². The molecule has 0 radical (unpaired) electrons. The maximum Gasteiger partial charge on any atom is 0.268 e. The summed E-state index contributed by atoms with van der Waals surface area (Å²) in [7, 11) is 1.59. The third kappa shape index (κ3) is 8.44. The number of hydrogen-bond acceptors (Lipinski definition) is 8. The Morgan fingerprint density at radius 1 is 1.11 bits per heavy atom. The molecule has 0 spiro atoms. The van der Waals surface area contributed by atoms with Gasteiger partial charge in [0.15, 0.2) is 11.5 Å². The predicted octanol–water partition coefficient (Wildman–Crippen LogP) is 4.10. The lowest BCUT2D eigenvalue weighted by molar-refractivity contribution is -0.131. The van der Waals surface area contributed by atoms with Gasteiger partial charge in [0.05, 0.1) is 44.0 Å². The fourth-order valence-corrected chi connectivity index (χ4v) is 5.44. The lowest BCUT2D eigenvalue weighted by Gasteiger charge is -2.27. The van der Waals surface area contributed by atoms with E-state index in [2.05, 4.69) is 20.5 Å². The number of piperazine rings is 1. The summed E-state index contributed by atoms with van der Waals surface area (Å²) in [4.78, 5) is 33.3. The van der Waals surface area contributed by atoms with Crippen molar-refractivity contribution in [2.75, 3.05) is 59.5 Å². The van der Waals surface area contributed by atoms with Crippen LogP contribution in [0.15, 0.2) is 48.7 Å². The van der Waals surface area contributed by atoms with Crippen molar-refractivity contribution in [3.05, 3.63) is 54.2 Å². The Labute approximate surface area is 262 Å². The van der Waals surface area contributed by atoms with Crippen LogP contribution >= 0.6 is 0 Å². The molecule has 45 heavy (non-hydrogen) atoms. The quantitative estimate of drug-likeness (QED) is 0.325. The number of carbonyl (C=O) groups is 2. The fourth-order valence-electron chi connectivity index (χ4n) is 5.44. The molecule has 0 saturated carbocycles. The van der Waals surface area contributed by atoms with Crippen LogP contribution in [-0.2, 0) is 4.79 Å². The van der Waals surface area contributed by atoms with Crippen molar-refractivity contribution < 1.29 is 27.8 Å². The number of halogens is 2. The van der Waals surface area contributed by atoms with E-state index in [0.29, 0.717) is 29.0 Å². The van der Waals surface area contributed by atoms with Crippen molar-refractivity contribution in [1.82, 2.24) is 25.4 Å². The van der Waals surface area contributed by atoms with Crippen molar-refractivity contribution in [3.63, 3.8) is 0 Å². The minimum atomic E-state index is -3.13. The van der Waals surface area contributed by atoms with E-state index in [-0.39, 0.29) is 5.56 Å². The number of nitrogens with zero attached hydrogens (tertiary/aromatic N) is 4. The number of pyridine rings is 1. The highest BCUT2D eigenvalue weighted by molar-refractivity contribution is 6.07. The Hall–Kier alpha value is -4.34. The summed E-state index contributed by atoms with van der Waals surface area (Å²) >= 11 is 0. The van der Waals surface area contributed by atoms with E-state index < -0.39 is 43.3 Å². The number of fused-ring (bicyclic) bond motifs is 1. The molecule has 2 fully saturated rings. The number of methoxy groups -OCH3 is 1. The molecule has 12 heteroatoms. The zero-order chi connectivity index (χ0) is 32.4. The number of carbonyl (C=O) groups excluding carboxylic acids is 2. The first-order chi connectivity index (χ1) is 21.8. The monoisotopic (exact) mass is 622 g/mol. The SMILES string of the molecule is CC.COc1ccc(-c2ccc3nccc(C(=O)NCC(=O)N4CC(F)(F)CC4C#N)c3c2)cc1OCCCN1CCNCC1. The van der Waals surface area contributed by atoms with Gasteiger partial charge in [-0.15, -0.1) is 0 Å². The highest BCUT2D eigenvalue weighted by atomic mass is 19.3. The van der Waals surface area contributed by atoms with Crippen molar-refractivity contribution in [1.29, 1.82) is 5.26 Å². The van der Waals surface area contributed by atoms with Gasteiger partial charge in [-0.25, -0.2) is 8.78 Å². The second kappa shape index (κ2) is 15.6. The van der Waals surface area contributed by atoms with Gasteiger partial charge in [0.25, 0.3) is 11.8 Å². The van der Waals surface area contributed by atoms with Gasteiger partial charge in [-0.05, 0) is 47.9 Å². The van der Waals surface area contributed by atoms with Crippen LogP contribution in [0.3, 0.4) is 0 Å². The maximum absolute atomic E-state index is 13.8. The van der Waals surface area contributed by atoms with Gasteiger partial charge in [0.2, 0.25) is 5.91 Å². The van der Waals surface area contributed by atoms with E-state index >= 15 is 0 Å². The summed E-state index contributed by atoms with van der Waals surface area (Å²) in [6.07, 6.45) is 1.66. The van der Waals surface area contributed by atoms with Crippen molar-refractivity contribution in [2.45, 2.75) is 38.7 Å². The van der Waals surface area contributed by atoms with E-state index in [4.69, 9.17) is 9.47 Å². The van der Waals surface area contributed by atoms with Crippen LogP contribution < -0.4 is 20.1 Å². The fraction of sp³-hybridized carbons (Fsp3) is 0.455. The smallest absolute Gasteiger partial charge is 0.268 e. The molecule has 3 heterocycles. The third-order valence-corrected chi connectivity index (χ3v) is 7.71. The summed E-state index contributed by atoms with van der Waals surface area (Å²) in [5.41, 5.74) is 2.52. The first-order valence-electron chi connectivity index (χ1n) is 15.3. The number of benzene rings is 2. The van der Waals surface area contributed by atoms with E-state index in [9.17, 15) is 23.6 Å². The van der Waals surface area contributed by atoms with E-state index in [0.717, 1.165) is 55.2 Å². The summed E-state index contributed by atoms with van der Waals surface area (Å²) in [6, 6.07) is 13.2. The Morgan fingerprint density at radius 3 is 2.58 bits per heavy atom. The maximum atomic E-state index is 13.8. The molecule has 2 N–H and O–H groups in total. The predicted molar refractivity (Wildman–Crippen MR) is 168 cm³/mol. The lowest BCUT2D eigenvalue weighted by atomic mass is 10.00. The second-order valence-electron chi connectivity index (χ2n) is 10.7. The number of ether oxygens (including phenoxy) is 2. The van der Waals surface area contributed by atoms with Gasteiger partial charge in [-0.1, -0.05) is 26.0 Å². The molecule has 2 aliphatic rings. The third-order valence-electron chi connectivity index (χ3n) is 7.71. The van der Waals surface area contributed by atoms with Crippen LogP contribution in [-0.4, -0.2) is 98.1 Å². The van der Waals surface area contributed by atoms with E-state index in [1.165, 1.54) is 12.3 Å². The normalized spacial score (nSPS) is 17.6. The van der Waals surface area contributed by atoms with E-state index in [1.807, 2.05) is 44.2 Å². The van der Waals surface area contributed by atoms with Gasteiger partial charge in [0, 0.05) is 50.7 Å². The van der Waals surface area contributed by atoms with Crippen LogP contribution in [0, 0.1) is 11.3 Å². The lowest BCUT2D eigenvalue weighted by Crippen LogP contribution is -2.43. The number of rotatable bonds is 10. The largest absolute Gasteiger partial charge is 0.493 e. The molecule has 10 nitrogen and oxygen atoms in total. The van der Waals surface area contributed by atoms with Gasteiger partial charge in [0.1, 0.15) is 6.04 Å². The molecule has 1 atom stereocenters. The van der Waals surface area contributed by atoms with Gasteiger partial charge >= 0.3 is 0 Å². The van der Waals surface area contributed by atoms with Crippen LogP contribution in [0.2, 0.25) is 0 Å². The molecule has 240 valence electrons. The Kier molecular flexibility index (Phi) is 11.6. The van der Waals surface area contributed by atoms with E-state index in [1.54, 1.807) is 19.2 Å². The number of hydrogen-bond donors (Lipinski definition) is 2.